The molecule has 40 heavy (non-hydrogen) atoms. The first-order valence-corrected chi connectivity index (χ1v) is 16.1. The molecule has 4 aromatic rings. The molecule has 0 aromatic heterocycles. The molecule has 0 radical (unpaired) electrons. The minimum Gasteiger partial charge on any atom is -0.675 e. The van der Waals surface area contributed by atoms with Crippen molar-refractivity contribution in [1.29, 1.82) is 0 Å². The number of fused-ring (bicyclic) bond motifs is 2. The number of para-hydroxylation sites is 1. The van der Waals surface area contributed by atoms with Crippen LogP contribution in [-0.2, 0) is 16.5 Å². The fourth-order valence-electron chi connectivity index (χ4n) is 6.37. The molecule has 0 fully saturated rings. The van der Waals surface area contributed by atoms with Crippen molar-refractivity contribution in [3.8, 4) is 0 Å². The summed E-state index contributed by atoms with van der Waals surface area (Å²) in [6.45, 7) is 23.9. The predicted molar refractivity (Wildman–Crippen MR) is 181 cm³/mol. The summed E-state index contributed by atoms with van der Waals surface area (Å²) in [5.41, 5.74) is 5.36. The Balaban J connectivity index is 0.00000280. The molecule has 0 bridgehead atoms. The van der Waals surface area contributed by atoms with Gasteiger partial charge in [-0.15, -0.1) is 5.69 Å². The molecule has 0 saturated carbocycles. The van der Waals surface area contributed by atoms with Crippen LogP contribution in [0.4, 0.5) is 5.69 Å². The van der Waals surface area contributed by atoms with Gasteiger partial charge in [0.1, 0.15) is 0 Å². The van der Waals surface area contributed by atoms with E-state index in [2.05, 4.69) is 142 Å². The van der Waals surface area contributed by atoms with E-state index in [-0.39, 0.29) is 40.3 Å². The van der Waals surface area contributed by atoms with Crippen LogP contribution in [0.2, 0.25) is 0 Å². The molecule has 1 nitrogen and oxygen atoms in total. The molecule has 0 aliphatic carbocycles. The number of benzene rings is 4. The Bertz CT molecular complexity index is 1310. The van der Waals surface area contributed by atoms with E-state index < -0.39 is 7.92 Å². The number of rotatable bonds is 7. The summed E-state index contributed by atoms with van der Waals surface area (Å²) in [6, 6.07) is 27.2. The summed E-state index contributed by atoms with van der Waals surface area (Å²) in [7, 11) is -0.835. The second-order valence-corrected chi connectivity index (χ2v) is 18.0. The summed E-state index contributed by atoms with van der Waals surface area (Å²) < 4.78 is 0. The number of hydrogen-bond donors (Lipinski definition) is 0. The molecule has 0 heterocycles. The fourth-order valence-corrected chi connectivity index (χ4v) is 10.5. The third kappa shape index (κ3) is 7.30. The Labute approximate surface area is 256 Å². The van der Waals surface area contributed by atoms with E-state index in [1.165, 1.54) is 43.9 Å². The zero-order chi connectivity index (χ0) is 27.8. The van der Waals surface area contributed by atoms with E-state index in [0.29, 0.717) is 11.8 Å². The monoisotopic (exact) mass is 598 g/mol. The van der Waals surface area contributed by atoms with Crippen LogP contribution in [0.5, 0.6) is 0 Å². The molecule has 0 aliphatic rings. The smallest absolute Gasteiger partial charge is 0.675 e. The van der Waals surface area contributed by atoms with E-state index in [4.69, 9.17) is 5.32 Å². The average Bonchev–Trinajstić information content (AvgIpc) is 2.83. The SMILES string of the molecule is CC(C)c1cccc(C(C)C)c1[N-]C(C[PH+](C(C)(C)C)C(C)(C)C)c1c2ccccc2cc2ccccc12.[CH3-].[Ni+2]. The van der Waals surface area contributed by atoms with Crippen LogP contribution in [-0.4, -0.2) is 16.5 Å². The molecule has 0 saturated heterocycles. The third-order valence-electron chi connectivity index (χ3n) is 7.98. The molecular weight excluding hydrogens is 548 g/mol. The molecule has 0 aliphatic heterocycles. The molecule has 0 amide bonds. The zero-order valence-corrected chi connectivity index (χ0v) is 28.6. The molecule has 3 heteroatoms. The topological polar surface area (TPSA) is 14.1 Å². The average molecular weight is 599 g/mol. The van der Waals surface area contributed by atoms with Crippen LogP contribution in [0.15, 0.2) is 72.8 Å². The van der Waals surface area contributed by atoms with E-state index in [9.17, 15) is 0 Å². The van der Waals surface area contributed by atoms with Gasteiger partial charge in [0.05, 0.1) is 10.3 Å². The molecule has 1 unspecified atom stereocenters. The molecule has 1 atom stereocenters. The number of hydrogen-bond acceptors (Lipinski definition) is 0. The van der Waals surface area contributed by atoms with Gasteiger partial charge in [-0.2, -0.15) is 0 Å². The minimum absolute atomic E-state index is 0. The van der Waals surface area contributed by atoms with E-state index >= 15 is 0 Å². The first kappa shape index (κ1) is 34.3. The maximum Gasteiger partial charge on any atom is 2.00 e. The van der Waals surface area contributed by atoms with Crippen LogP contribution in [0.3, 0.4) is 0 Å². The predicted octanol–water partition coefficient (Wildman–Crippen LogP) is 12.2. The Morgan fingerprint density at radius 2 is 1.07 bits per heavy atom. The fraction of sp³-hybridized carbons (Fsp3) is 0.432. The standard InChI is InChI=1S/C36H47NP.CH3.Ni/c1-24(2)28-20-15-21-29(25(3)4)34(28)37-32(23-38(35(5,6)7)36(8,9)10)33-30-18-13-11-16-26(30)22-27-17-12-14-19-31(27)33;;/h11-22,24-25,32H,23H2,1-10H3;1H3;/q2*-1;+2/p+1. The van der Waals surface area contributed by atoms with Crippen LogP contribution in [0.1, 0.15) is 104 Å². The molecule has 4 rings (SSSR count). The summed E-state index contributed by atoms with van der Waals surface area (Å²) in [4.78, 5) is 0. The maximum atomic E-state index is 5.86. The van der Waals surface area contributed by atoms with Gasteiger partial charge in [0.25, 0.3) is 0 Å². The molecule has 218 valence electrons. The van der Waals surface area contributed by atoms with E-state index in [0.717, 1.165) is 6.16 Å². The van der Waals surface area contributed by atoms with Crippen LogP contribution >= 0.6 is 7.92 Å². The minimum atomic E-state index is -0.835. The van der Waals surface area contributed by atoms with Gasteiger partial charge < -0.3 is 12.7 Å². The van der Waals surface area contributed by atoms with Gasteiger partial charge in [-0.25, -0.2) is 0 Å². The Morgan fingerprint density at radius 3 is 1.48 bits per heavy atom. The molecule has 0 N–H and O–H groups in total. The third-order valence-corrected chi connectivity index (χ3v) is 12.4. The van der Waals surface area contributed by atoms with Gasteiger partial charge in [-0.1, -0.05) is 112 Å². The summed E-state index contributed by atoms with van der Waals surface area (Å²) in [5.74, 6) is 0.847. The first-order valence-electron chi connectivity index (χ1n) is 14.4. The van der Waals surface area contributed by atoms with Crippen molar-refractivity contribution in [2.45, 2.75) is 97.4 Å². The summed E-state index contributed by atoms with van der Waals surface area (Å²) >= 11 is 0. The van der Waals surface area contributed by atoms with Gasteiger partial charge >= 0.3 is 16.5 Å². The van der Waals surface area contributed by atoms with Crippen molar-refractivity contribution in [1.82, 2.24) is 0 Å². The largest absolute Gasteiger partial charge is 2.00 e. The van der Waals surface area contributed by atoms with Gasteiger partial charge in [0, 0.05) is 14.1 Å². The second kappa shape index (κ2) is 13.4. The Morgan fingerprint density at radius 1 is 0.650 bits per heavy atom. The summed E-state index contributed by atoms with van der Waals surface area (Å²) in [6.07, 6.45) is 1.11. The quantitative estimate of drug-likeness (QED) is 0.0869. The van der Waals surface area contributed by atoms with Crippen molar-refractivity contribution >= 4 is 35.2 Å². The normalized spacial score (nSPS) is 13.0. The van der Waals surface area contributed by atoms with Crippen molar-refractivity contribution in [2.75, 3.05) is 6.16 Å². The number of nitrogens with zero attached hydrogens (tertiary/aromatic N) is 1. The molecular formula is C37H51NNiP+. The van der Waals surface area contributed by atoms with Crippen molar-refractivity contribution < 1.29 is 16.5 Å². The van der Waals surface area contributed by atoms with Crippen LogP contribution in [0, 0.1) is 7.43 Å². The summed E-state index contributed by atoms with van der Waals surface area (Å²) in [5, 5.41) is 11.7. The second-order valence-electron chi connectivity index (χ2n) is 13.7. The Hall–Kier alpha value is -1.88. The maximum absolute atomic E-state index is 5.86. The van der Waals surface area contributed by atoms with Gasteiger partial charge in [0.15, 0.2) is 0 Å². The van der Waals surface area contributed by atoms with Gasteiger partial charge in [-0.05, 0) is 86.6 Å². The van der Waals surface area contributed by atoms with Crippen LogP contribution in [0.25, 0.3) is 26.9 Å². The van der Waals surface area contributed by atoms with Crippen molar-refractivity contribution in [3.05, 3.63) is 102 Å². The Kier molecular flexibility index (Phi) is 11.5. The zero-order valence-electron chi connectivity index (χ0n) is 26.6. The van der Waals surface area contributed by atoms with Crippen LogP contribution < -0.4 is 0 Å². The van der Waals surface area contributed by atoms with Gasteiger partial charge in [0.2, 0.25) is 0 Å². The molecule has 0 spiro atoms. The molecule has 4 aromatic carbocycles. The van der Waals surface area contributed by atoms with Crippen molar-refractivity contribution in [2.24, 2.45) is 0 Å². The van der Waals surface area contributed by atoms with E-state index in [1.54, 1.807) is 0 Å². The first-order chi connectivity index (χ1) is 17.8. The van der Waals surface area contributed by atoms with E-state index in [1.807, 2.05) is 0 Å². The van der Waals surface area contributed by atoms with Gasteiger partial charge in [-0.3, -0.25) is 0 Å². The van der Waals surface area contributed by atoms with Crippen molar-refractivity contribution in [3.63, 3.8) is 0 Å².